The van der Waals surface area contributed by atoms with E-state index in [0.29, 0.717) is 43.0 Å². The number of hydrogen-bond acceptors (Lipinski definition) is 5. The standard InChI is InChI=1S/C22H21FN2O4/c1-15-16-6-2-5-9-19(16)29-21(15)22(27)28-14-20(26)25-12-10-24(11-13-25)18-8-4-3-7-17(18)23/h2-9H,10-14H2,1H3. The highest BCUT2D eigenvalue weighted by molar-refractivity contribution is 5.96. The molecule has 7 heteroatoms. The number of para-hydroxylation sites is 2. The number of piperazine rings is 1. The summed E-state index contributed by atoms with van der Waals surface area (Å²) >= 11 is 0. The van der Waals surface area contributed by atoms with Crippen LogP contribution in [0.25, 0.3) is 11.0 Å². The van der Waals surface area contributed by atoms with Crippen molar-refractivity contribution in [2.45, 2.75) is 6.92 Å². The molecule has 0 unspecified atom stereocenters. The maximum atomic E-state index is 13.9. The van der Waals surface area contributed by atoms with Gasteiger partial charge in [-0.15, -0.1) is 0 Å². The number of carbonyl (C=O) groups excluding carboxylic acids is 2. The molecular formula is C22H21FN2O4. The van der Waals surface area contributed by atoms with E-state index in [1.165, 1.54) is 6.07 Å². The Hall–Kier alpha value is -3.35. The second-order valence-electron chi connectivity index (χ2n) is 6.95. The highest BCUT2D eigenvalue weighted by atomic mass is 19.1. The van der Waals surface area contributed by atoms with Gasteiger partial charge in [0.1, 0.15) is 11.4 Å². The molecule has 1 aliphatic rings. The molecule has 6 nitrogen and oxygen atoms in total. The summed E-state index contributed by atoms with van der Waals surface area (Å²) < 4.78 is 24.7. The molecule has 4 rings (SSSR count). The van der Waals surface area contributed by atoms with E-state index in [-0.39, 0.29) is 24.1 Å². The summed E-state index contributed by atoms with van der Waals surface area (Å²) in [5.74, 6) is -1.09. The topological polar surface area (TPSA) is 63.0 Å². The molecule has 2 aromatic carbocycles. The van der Waals surface area contributed by atoms with Crippen molar-refractivity contribution in [1.82, 2.24) is 4.90 Å². The number of benzene rings is 2. The number of aryl methyl sites for hydroxylation is 1. The lowest BCUT2D eigenvalue weighted by molar-refractivity contribution is -0.134. The van der Waals surface area contributed by atoms with Crippen LogP contribution in [-0.4, -0.2) is 49.6 Å². The van der Waals surface area contributed by atoms with Gasteiger partial charge in [-0.3, -0.25) is 4.79 Å². The average molecular weight is 396 g/mol. The normalized spacial score (nSPS) is 14.3. The average Bonchev–Trinajstić information content (AvgIpc) is 3.09. The van der Waals surface area contributed by atoms with Gasteiger partial charge in [-0.1, -0.05) is 30.3 Å². The van der Waals surface area contributed by atoms with Crippen molar-refractivity contribution in [3.63, 3.8) is 0 Å². The number of amides is 1. The lowest BCUT2D eigenvalue weighted by Gasteiger charge is -2.36. The lowest BCUT2D eigenvalue weighted by atomic mass is 10.1. The number of hydrogen-bond donors (Lipinski definition) is 0. The number of carbonyl (C=O) groups is 2. The maximum Gasteiger partial charge on any atom is 0.375 e. The number of esters is 1. The molecule has 29 heavy (non-hydrogen) atoms. The van der Waals surface area contributed by atoms with Crippen molar-refractivity contribution in [2.24, 2.45) is 0 Å². The van der Waals surface area contributed by atoms with Gasteiger partial charge < -0.3 is 19.0 Å². The Balaban J connectivity index is 1.32. The largest absolute Gasteiger partial charge is 0.450 e. The third kappa shape index (κ3) is 3.81. The Morgan fingerprint density at radius 1 is 1.03 bits per heavy atom. The third-order valence-electron chi connectivity index (χ3n) is 5.18. The second kappa shape index (κ2) is 7.95. The van der Waals surface area contributed by atoms with Crippen LogP contribution in [0.15, 0.2) is 52.9 Å². The van der Waals surface area contributed by atoms with E-state index in [1.807, 2.05) is 23.1 Å². The summed E-state index contributed by atoms with van der Waals surface area (Å²) in [6, 6.07) is 13.9. The van der Waals surface area contributed by atoms with Gasteiger partial charge in [-0.25, -0.2) is 9.18 Å². The molecule has 150 valence electrons. The molecule has 1 aromatic heterocycles. The monoisotopic (exact) mass is 396 g/mol. The van der Waals surface area contributed by atoms with Gasteiger partial charge in [-0.05, 0) is 25.1 Å². The van der Waals surface area contributed by atoms with Gasteiger partial charge in [0.05, 0.1) is 5.69 Å². The molecule has 0 N–H and O–H groups in total. The van der Waals surface area contributed by atoms with Crippen LogP contribution < -0.4 is 4.90 Å². The van der Waals surface area contributed by atoms with Crippen molar-refractivity contribution in [3.05, 3.63) is 65.7 Å². The SMILES string of the molecule is Cc1c(C(=O)OCC(=O)N2CCN(c3ccccc3F)CC2)oc2ccccc12. The molecule has 2 heterocycles. The summed E-state index contributed by atoms with van der Waals surface area (Å²) in [6.45, 7) is 3.34. The molecule has 0 radical (unpaired) electrons. The first-order valence-electron chi connectivity index (χ1n) is 9.47. The molecule has 0 aliphatic carbocycles. The zero-order valence-electron chi connectivity index (χ0n) is 16.1. The zero-order valence-corrected chi connectivity index (χ0v) is 16.1. The highest BCUT2D eigenvalue weighted by Crippen LogP contribution is 2.25. The summed E-state index contributed by atoms with van der Waals surface area (Å²) in [5, 5.41) is 0.843. The Bertz CT molecular complexity index is 1050. The smallest absolute Gasteiger partial charge is 0.375 e. The molecule has 1 aliphatic heterocycles. The Morgan fingerprint density at radius 2 is 1.72 bits per heavy atom. The van der Waals surface area contributed by atoms with Crippen LogP contribution in [0.5, 0.6) is 0 Å². The zero-order chi connectivity index (χ0) is 20.4. The van der Waals surface area contributed by atoms with Crippen LogP contribution in [0.1, 0.15) is 16.1 Å². The van der Waals surface area contributed by atoms with Crippen LogP contribution in [0, 0.1) is 12.7 Å². The molecule has 1 amide bonds. The summed E-state index contributed by atoms with van der Waals surface area (Å²) in [7, 11) is 0. The third-order valence-corrected chi connectivity index (χ3v) is 5.18. The van der Waals surface area contributed by atoms with Gasteiger partial charge in [0.2, 0.25) is 5.76 Å². The molecule has 0 saturated carbocycles. The lowest BCUT2D eigenvalue weighted by Crippen LogP contribution is -2.50. The summed E-state index contributed by atoms with van der Waals surface area (Å²) in [4.78, 5) is 28.3. The van der Waals surface area contributed by atoms with E-state index in [9.17, 15) is 14.0 Å². The number of rotatable bonds is 4. The number of fused-ring (bicyclic) bond motifs is 1. The Morgan fingerprint density at radius 3 is 2.45 bits per heavy atom. The summed E-state index contributed by atoms with van der Waals surface area (Å²) in [5.41, 5.74) is 1.83. The van der Waals surface area contributed by atoms with E-state index in [0.717, 1.165) is 5.39 Å². The molecule has 1 fully saturated rings. The Labute approximate surface area is 167 Å². The fraction of sp³-hybridized carbons (Fsp3) is 0.273. The van der Waals surface area contributed by atoms with Gasteiger partial charge in [0, 0.05) is 37.1 Å². The predicted molar refractivity (Wildman–Crippen MR) is 106 cm³/mol. The molecule has 0 atom stereocenters. The molecule has 0 bridgehead atoms. The van der Waals surface area contributed by atoms with E-state index in [4.69, 9.17) is 9.15 Å². The number of ether oxygens (including phenoxy) is 1. The van der Waals surface area contributed by atoms with Crippen molar-refractivity contribution < 1.29 is 23.1 Å². The van der Waals surface area contributed by atoms with Crippen LogP contribution in [0.3, 0.4) is 0 Å². The van der Waals surface area contributed by atoms with Crippen LogP contribution >= 0.6 is 0 Å². The van der Waals surface area contributed by atoms with E-state index >= 15 is 0 Å². The van der Waals surface area contributed by atoms with E-state index in [2.05, 4.69) is 0 Å². The molecular weight excluding hydrogens is 375 g/mol. The predicted octanol–water partition coefficient (Wildman–Crippen LogP) is 3.39. The van der Waals surface area contributed by atoms with Gasteiger partial charge in [0.25, 0.3) is 5.91 Å². The fourth-order valence-corrected chi connectivity index (χ4v) is 3.56. The number of halogens is 1. The van der Waals surface area contributed by atoms with Crippen molar-refractivity contribution in [3.8, 4) is 0 Å². The number of furan rings is 1. The fourth-order valence-electron chi connectivity index (χ4n) is 3.56. The van der Waals surface area contributed by atoms with Crippen molar-refractivity contribution >= 4 is 28.5 Å². The minimum atomic E-state index is -0.656. The molecule has 3 aromatic rings. The first kappa shape index (κ1) is 19.0. The first-order chi connectivity index (χ1) is 14.0. The maximum absolute atomic E-state index is 13.9. The van der Waals surface area contributed by atoms with Crippen molar-refractivity contribution in [2.75, 3.05) is 37.7 Å². The second-order valence-corrected chi connectivity index (χ2v) is 6.95. The highest BCUT2D eigenvalue weighted by Gasteiger charge is 2.25. The van der Waals surface area contributed by atoms with Crippen LogP contribution in [0.2, 0.25) is 0 Å². The van der Waals surface area contributed by atoms with E-state index in [1.54, 1.807) is 36.1 Å². The quantitative estimate of drug-likeness (QED) is 0.633. The minimum Gasteiger partial charge on any atom is -0.450 e. The number of anilines is 1. The number of nitrogens with zero attached hydrogens (tertiary/aromatic N) is 2. The Kier molecular flexibility index (Phi) is 5.20. The van der Waals surface area contributed by atoms with Gasteiger partial charge in [-0.2, -0.15) is 0 Å². The van der Waals surface area contributed by atoms with Crippen molar-refractivity contribution in [1.29, 1.82) is 0 Å². The first-order valence-corrected chi connectivity index (χ1v) is 9.47. The van der Waals surface area contributed by atoms with Gasteiger partial charge >= 0.3 is 5.97 Å². The van der Waals surface area contributed by atoms with Crippen LogP contribution in [-0.2, 0) is 9.53 Å². The molecule has 0 spiro atoms. The minimum absolute atomic E-state index is 0.114. The molecule has 1 saturated heterocycles. The van der Waals surface area contributed by atoms with Crippen LogP contribution in [0.4, 0.5) is 10.1 Å². The van der Waals surface area contributed by atoms with Gasteiger partial charge in [0.15, 0.2) is 6.61 Å². The van der Waals surface area contributed by atoms with E-state index < -0.39 is 5.97 Å². The summed E-state index contributed by atoms with van der Waals surface area (Å²) in [6.07, 6.45) is 0.